The van der Waals surface area contributed by atoms with Crippen molar-refractivity contribution in [3.63, 3.8) is 0 Å². The molecule has 1 saturated heterocycles. The van der Waals surface area contributed by atoms with Crippen LogP contribution in [0.2, 0.25) is 0 Å². The fraction of sp³-hybridized carbons (Fsp3) is 0.692. The third-order valence-electron chi connectivity index (χ3n) is 2.50. The Bertz CT molecular complexity index is 356. The minimum Gasteiger partial charge on any atom is -0.449 e. The molecule has 0 radical (unpaired) electrons. The Hall–Kier alpha value is -1.70. The van der Waals surface area contributed by atoms with Crippen molar-refractivity contribution in [2.45, 2.75) is 45.6 Å². The van der Waals surface area contributed by atoms with Crippen molar-refractivity contribution < 1.29 is 19.1 Å². The van der Waals surface area contributed by atoms with Crippen LogP contribution >= 0.6 is 0 Å². The zero-order valence-electron chi connectivity index (χ0n) is 10.9. The fourth-order valence-electron chi connectivity index (χ4n) is 1.59. The number of nitrogens with zero attached hydrogens (tertiary/aromatic N) is 1. The molecule has 1 aliphatic rings. The molecule has 0 aromatic rings. The van der Waals surface area contributed by atoms with Gasteiger partial charge in [-0.2, -0.15) is 0 Å². The normalized spacial score (nSPS) is 15.7. The SMILES string of the molecule is CCCCCC(C#CN1CCOC1=O)OC(C)=O. The number of rotatable bonds is 5. The summed E-state index contributed by atoms with van der Waals surface area (Å²) in [6.07, 6.45) is 2.95. The van der Waals surface area contributed by atoms with Crippen molar-refractivity contribution >= 4 is 12.1 Å². The quantitative estimate of drug-likeness (QED) is 0.426. The molecule has 0 aliphatic carbocycles. The molecule has 0 bridgehead atoms. The average Bonchev–Trinajstić information content (AvgIpc) is 2.71. The molecule has 1 amide bonds. The number of amides is 1. The zero-order chi connectivity index (χ0) is 13.4. The number of unbranched alkanes of at least 4 members (excludes halogenated alkanes) is 2. The topological polar surface area (TPSA) is 55.8 Å². The van der Waals surface area contributed by atoms with Crippen molar-refractivity contribution in [1.29, 1.82) is 0 Å². The summed E-state index contributed by atoms with van der Waals surface area (Å²) in [4.78, 5) is 23.4. The lowest BCUT2D eigenvalue weighted by molar-refractivity contribution is -0.144. The summed E-state index contributed by atoms with van der Waals surface area (Å²) in [6.45, 7) is 4.29. The Morgan fingerprint density at radius 2 is 2.33 bits per heavy atom. The predicted molar refractivity (Wildman–Crippen MR) is 65.5 cm³/mol. The van der Waals surface area contributed by atoms with Gasteiger partial charge in [-0.05, 0) is 18.8 Å². The van der Waals surface area contributed by atoms with E-state index in [0.29, 0.717) is 19.6 Å². The highest BCUT2D eigenvalue weighted by molar-refractivity contribution is 5.71. The monoisotopic (exact) mass is 253 g/mol. The van der Waals surface area contributed by atoms with E-state index in [1.54, 1.807) is 0 Å². The third kappa shape index (κ3) is 5.09. The Labute approximate surface area is 107 Å². The number of ether oxygens (including phenoxy) is 2. The van der Waals surface area contributed by atoms with E-state index in [0.717, 1.165) is 19.3 Å². The lowest BCUT2D eigenvalue weighted by atomic mass is 10.1. The molecule has 100 valence electrons. The number of cyclic esters (lactones) is 1. The third-order valence-corrected chi connectivity index (χ3v) is 2.50. The molecule has 0 spiro atoms. The average molecular weight is 253 g/mol. The van der Waals surface area contributed by atoms with E-state index < -0.39 is 12.2 Å². The fourth-order valence-corrected chi connectivity index (χ4v) is 1.59. The largest absolute Gasteiger partial charge is 0.449 e. The number of carbonyl (C=O) groups excluding carboxylic acids is 2. The van der Waals surface area contributed by atoms with Crippen LogP contribution in [0.4, 0.5) is 4.79 Å². The Kier molecular flexibility index (Phi) is 6.06. The van der Waals surface area contributed by atoms with Crippen molar-refractivity contribution in [2.24, 2.45) is 0 Å². The van der Waals surface area contributed by atoms with Gasteiger partial charge < -0.3 is 9.47 Å². The molecule has 1 unspecified atom stereocenters. The minimum absolute atomic E-state index is 0.352. The van der Waals surface area contributed by atoms with Crippen LogP contribution in [0.1, 0.15) is 39.5 Å². The maximum absolute atomic E-state index is 11.2. The summed E-state index contributed by atoms with van der Waals surface area (Å²) in [6, 6.07) is 2.70. The molecule has 5 nitrogen and oxygen atoms in total. The summed E-state index contributed by atoms with van der Waals surface area (Å²) < 4.78 is 9.85. The summed E-state index contributed by atoms with van der Waals surface area (Å²) in [5.74, 6) is 2.46. The number of hydrogen-bond donors (Lipinski definition) is 0. The van der Waals surface area contributed by atoms with Crippen LogP contribution in [0.25, 0.3) is 0 Å². The second-order valence-corrected chi connectivity index (χ2v) is 4.12. The molecule has 18 heavy (non-hydrogen) atoms. The summed E-state index contributed by atoms with van der Waals surface area (Å²) in [5, 5.41) is 0. The van der Waals surface area contributed by atoms with E-state index in [9.17, 15) is 9.59 Å². The van der Waals surface area contributed by atoms with Crippen LogP contribution in [0, 0.1) is 12.0 Å². The highest BCUT2D eigenvalue weighted by Gasteiger charge is 2.20. The van der Waals surface area contributed by atoms with Crippen molar-refractivity contribution in [2.75, 3.05) is 13.2 Å². The first-order chi connectivity index (χ1) is 8.63. The molecule has 0 saturated carbocycles. The molecule has 0 aromatic carbocycles. The lowest BCUT2D eigenvalue weighted by Crippen LogP contribution is -2.20. The van der Waals surface area contributed by atoms with Crippen molar-refractivity contribution in [3.05, 3.63) is 0 Å². The van der Waals surface area contributed by atoms with Crippen molar-refractivity contribution in [3.8, 4) is 12.0 Å². The first-order valence-electron chi connectivity index (χ1n) is 6.26. The van der Waals surface area contributed by atoms with E-state index in [1.807, 2.05) is 0 Å². The van der Waals surface area contributed by atoms with Crippen LogP contribution in [0.5, 0.6) is 0 Å². The number of carbonyl (C=O) groups is 2. The van der Waals surface area contributed by atoms with Gasteiger partial charge in [0, 0.05) is 13.0 Å². The Morgan fingerprint density at radius 1 is 1.56 bits per heavy atom. The highest BCUT2D eigenvalue weighted by atomic mass is 16.6. The van der Waals surface area contributed by atoms with Gasteiger partial charge in [-0.3, -0.25) is 4.79 Å². The molecular formula is C13H19NO4. The van der Waals surface area contributed by atoms with E-state index in [4.69, 9.17) is 9.47 Å². The van der Waals surface area contributed by atoms with Gasteiger partial charge in [0.2, 0.25) is 0 Å². The van der Waals surface area contributed by atoms with Crippen LogP contribution in [-0.2, 0) is 14.3 Å². The highest BCUT2D eigenvalue weighted by Crippen LogP contribution is 2.07. The van der Waals surface area contributed by atoms with E-state index in [-0.39, 0.29) is 5.97 Å². The standard InChI is InChI=1S/C13H19NO4/c1-3-4-5-6-12(18-11(2)15)7-8-14-9-10-17-13(14)16/h12H,3-6,9-10H2,1-2H3. The van der Waals surface area contributed by atoms with Gasteiger partial charge in [-0.25, -0.2) is 9.69 Å². The maximum Gasteiger partial charge on any atom is 0.421 e. The first-order valence-corrected chi connectivity index (χ1v) is 6.26. The zero-order valence-corrected chi connectivity index (χ0v) is 10.9. The Balaban J connectivity index is 2.51. The van der Waals surface area contributed by atoms with Crippen molar-refractivity contribution in [1.82, 2.24) is 4.90 Å². The lowest BCUT2D eigenvalue weighted by Gasteiger charge is -2.10. The molecule has 5 heteroatoms. The first kappa shape index (κ1) is 14.4. The van der Waals surface area contributed by atoms with Gasteiger partial charge in [-0.15, -0.1) is 0 Å². The van der Waals surface area contributed by atoms with E-state index in [2.05, 4.69) is 18.9 Å². The van der Waals surface area contributed by atoms with Gasteiger partial charge >= 0.3 is 12.1 Å². The molecule has 0 N–H and O–H groups in total. The van der Waals surface area contributed by atoms with Gasteiger partial charge in [0.1, 0.15) is 6.61 Å². The van der Waals surface area contributed by atoms with E-state index >= 15 is 0 Å². The van der Waals surface area contributed by atoms with Crippen LogP contribution in [-0.4, -0.2) is 36.2 Å². The van der Waals surface area contributed by atoms with Gasteiger partial charge in [0.25, 0.3) is 0 Å². The minimum atomic E-state index is -0.442. The molecule has 1 fully saturated rings. The van der Waals surface area contributed by atoms with Crippen LogP contribution in [0.15, 0.2) is 0 Å². The second kappa shape index (κ2) is 7.59. The molecule has 0 aromatic heterocycles. The molecule has 1 aliphatic heterocycles. The van der Waals surface area contributed by atoms with Crippen LogP contribution in [0.3, 0.4) is 0 Å². The van der Waals surface area contributed by atoms with Crippen LogP contribution < -0.4 is 0 Å². The van der Waals surface area contributed by atoms with E-state index in [1.165, 1.54) is 11.8 Å². The molecule has 1 rings (SSSR count). The van der Waals surface area contributed by atoms with Gasteiger partial charge in [-0.1, -0.05) is 19.8 Å². The summed E-state index contributed by atoms with van der Waals surface area (Å²) in [5.41, 5.74) is 0. The predicted octanol–water partition coefficient (Wildman–Crippen LogP) is 1.91. The second-order valence-electron chi connectivity index (χ2n) is 4.12. The number of hydrogen-bond acceptors (Lipinski definition) is 4. The molecular weight excluding hydrogens is 234 g/mol. The molecule has 1 atom stereocenters. The van der Waals surface area contributed by atoms with Gasteiger partial charge in [0.05, 0.1) is 6.54 Å². The smallest absolute Gasteiger partial charge is 0.421 e. The van der Waals surface area contributed by atoms with Gasteiger partial charge in [0.15, 0.2) is 6.10 Å². The maximum atomic E-state index is 11.2. The number of esters is 1. The molecule has 1 heterocycles. The summed E-state index contributed by atoms with van der Waals surface area (Å²) >= 11 is 0. The Morgan fingerprint density at radius 3 is 2.89 bits per heavy atom. The summed E-state index contributed by atoms with van der Waals surface area (Å²) in [7, 11) is 0.